The molecule has 1 aliphatic heterocycles. The lowest BCUT2D eigenvalue weighted by molar-refractivity contribution is -0.167. The fraction of sp³-hybridized carbons (Fsp3) is 0.611. The number of hydrogen-bond acceptors (Lipinski definition) is 8. The quantitative estimate of drug-likeness (QED) is 0.306. The van der Waals surface area contributed by atoms with Gasteiger partial charge in [0.15, 0.2) is 22.0 Å². The van der Waals surface area contributed by atoms with Crippen LogP contribution < -0.4 is 5.56 Å². The molecule has 2 rings (SSSR count). The summed E-state index contributed by atoms with van der Waals surface area (Å²) in [5.74, 6) is -1.77. The van der Waals surface area contributed by atoms with Crippen LogP contribution in [0.3, 0.4) is 0 Å². The fourth-order valence-corrected chi connectivity index (χ4v) is 4.15. The van der Waals surface area contributed by atoms with Gasteiger partial charge < -0.3 is 14.5 Å². The number of aromatic nitrogens is 2. The molecule has 0 spiro atoms. The molecule has 1 N–H and O–H groups in total. The van der Waals surface area contributed by atoms with Crippen molar-refractivity contribution in [3.63, 3.8) is 0 Å². The first-order chi connectivity index (χ1) is 12.7. The average molecular weight is 396 g/mol. The minimum Gasteiger partial charge on any atom is -0.465 e. The molecule has 0 aliphatic carbocycles. The molecule has 1 aliphatic rings. The van der Waals surface area contributed by atoms with E-state index >= 15 is 0 Å². The number of thioether (sulfide) groups is 1. The third kappa shape index (κ3) is 4.40. The summed E-state index contributed by atoms with van der Waals surface area (Å²) >= 11 is 1.05. The summed E-state index contributed by atoms with van der Waals surface area (Å²) in [6, 6.07) is 1.35. The lowest BCUT2D eigenvalue weighted by Gasteiger charge is -2.24. The first-order valence-corrected chi connectivity index (χ1v) is 9.80. The van der Waals surface area contributed by atoms with Crippen LogP contribution in [0.4, 0.5) is 0 Å². The maximum atomic E-state index is 12.8. The minimum atomic E-state index is -1.45. The Bertz CT molecular complexity index is 807. The van der Waals surface area contributed by atoms with Crippen molar-refractivity contribution in [2.24, 2.45) is 5.41 Å². The lowest BCUT2D eigenvalue weighted by atomic mass is 9.76. The van der Waals surface area contributed by atoms with Crippen LogP contribution in [0.5, 0.6) is 0 Å². The highest BCUT2D eigenvalue weighted by molar-refractivity contribution is 7.99. The first-order valence-electron chi connectivity index (χ1n) is 8.81. The molecular formula is C18H24N2O6S. The maximum absolute atomic E-state index is 12.8. The second-order valence-corrected chi connectivity index (χ2v) is 7.72. The molecule has 1 fully saturated rings. The number of hydrogen-bond donors (Lipinski definition) is 1. The second kappa shape index (κ2) is 8.24. The molecule has 0 bridgehead atoms. The zero-order chi connectivity index (χ0) is 20.2. The van der Waals surface area contributed by atoms with Crippen LogP contribution in [-0.2, 0) is 23.9 Å². The SMILES string of the molecule is CCC[C@]1(C(=O)OCC)C[C@](C)(C(=O)CSc2nc(C)cc(=O)[nH]2)OC1=O. The smallest absolute Gasteiger partial charge is 0.324 e. The van der Waals surface area contributed by atoms with E-state index in [-0.39, 0.29) is 36.5 Å². The number of aryl methyl sites for hydroxylation is 1. The Hall–Kier alpha value is -2.16. The van der Waals surface area contributed by atoms with Gasteiger partial charge in [0, 0.05) is 18.2 Å². The van der Waals surface area contributed by atoms with E-state index in [1.165, 1.54) is 13.0 Å². The first kappa shape index (κ1) is 21.1. The highest BCUT2D eigenvalue weighted by Gasteiger charge is 2.62. The number of carbonyl (C=O) groups excluding carboxylic acids is 3. The van der Waals surface area contributed by atoms with Gasteiger partial charge in [-0.1, -0.05) is 25.1 Å². The van der Waals surface area contributed by atoms with Gasteiger partial charge in [-0.2, -0.15) is 0 Å². The van der Waals surface area contributed by atoms with Crippen molar-refractivity contribution in [1.82, 2.24) is 9.97 Å². The average Bonchev–Trinajstić information content (AvgIpc) is 2.85. The summed E-state index contributed by atoms with van der Waals surface area (Å²) in [6.07, 6.45) is 0.775. The van der Waals surface area contributed by atoms with Crippen LogP contribution in [0.2, 0.25) is 0 Å². The predicted octanol–water partition coefficient (Wildman–Crippen LogP) is 1.79. The van der Waals surface area contributed by atoms with E-state index in [2.05, 4.69) is 9.97 Å². The summed E-state index contributed by atoms with van der Waals surface area (Å²) in [4.78, 5) is 55.9. The Morgan fingerprint density at radius 1 is 1.37 bits per heavy atom. The molecule has 148 valence electrons. The molecule has 1 aromatic heterocycles. The molecule has 8 nitrogen and oxygen atoms in total. The standard InChI is InChI=1S/C18H24N2O6S/c1-5-7-18(14(23)25-6-2)10-17(4,26-15(18)24)12(21)9-27-16-19-11(3)8-13(22)20-16/h8H,5-7,9-10H2,1-4H3,(H,19,20,22)/t17-,18-/m1/s1. The summed E-state index contributed by atoms with van der Waals surface area (Å²) in [5.41, 5.74) is -2.64. The number of Topliss-reactive ketones (excluding diaryl/α,β-unsaturated/α-hetero) is 1. The van der Waals surface area contributed by atoms with Gasteiger partial charge >= 0.3 is 11.9 Å². The van der Waals surface area contributed by atoms with E-state index in [4.69, 9.17) is 9.47 Å². The van der Waals surface area contributed by atoms with Gasteiger partial charge in [-0.3, -0.25) is 19.2 Å². The maximum Gasteiger partial charge on any atom is 0.324 e. The van der Waals surface area contributed by atoms with Gasteiger partial charge in [-0.25, -0.2) is 4.98 Å². The number of aromatic amines is 1. The Labute approximate surface area is 161 Å². The number of H-pyrrole nitrogens is 1. The van der Waals surface area contributed by atoms with Crippen LogP contribution in [0, 0.1) is 12.3 Å². The number of nitrogens with zero attached hydrogens (tertiary/aromatic N) is 1. The number of rotatable bonds is 8. The highest BCUT2D eigenvalue weighted by Crippen LogP contribution is 2.45. The normalized spacial score (nSPS) is 24.5. The van der Waals surface area contributed by atoms with Crippen LogP contribution in [0.15, 0.2) is 16.0 Å². The van der Waals surface area contributed by atoms with Crippen LogP contribution >= 0.6 is 11.8 Å². The van der Waals surface area contributed by atoms with E-state index in [1.807, 2.05) is 6.92 Å². The molecule has 27 heavy (non-hydrogen) atoms. The van der Waals surface area contributed by atoms with Gasteiger partial charge in [0.1, 0.15) is 0 Å². The number of nitrogens with one attached hydrogen (secondary N) is 1. The van der Waals surface area contributed by atoms with Crippen molar-refractivity contribution < 1.29 is 23.9 Å². The molecule has 0 aromatic carbocycles. The van der Waals surface area contributed by atoms with Crippen LogP contribution in [0.1, 0.15) is 45.7 Å². The highest BCUT2D eigenvalue weighted by atomic mass is 32.2. The van der Waals surface area contributed by atoms with Crippen molar-refractivity contribution >= 4 is 29.5 Å². The Morgan fingerprint density at radius 3 is 2.67 bits per heavy atom. The van der Waals surface area contributed by atoms with Crippen molar-refractivity contribution in [2.75, 3.05) is 12.4 Å². The van der Waals surface area contributed by atoms with E-state index in [0.29, 0.717) is 17.3 Å². The number of carbonyl (C=O) groups is 3. The van der Waals surface area contributed by atoms with Gasteiger partial charge in [-0.05, 0) is 27.2 Å². The fourth-order valence-electron chi connectivity index (χ4n) is 3.19. The molecule has 1 saturated heterocycles. The van der Waals surface area contributed by atoms with E-state index in [1.54, 1.807) is 13.8 Å². The van der Waals surface area contributed by atoms with E-state index < -0.39 is 23.0 Å². The zero-order valence-corrected chi connectivity index (χ0v) is 16.7. The molecule has 0 amide bonds. The van der Waals surface area contributed by atoms with Crippen molar-refractivity contribution in [3.8, 4) is 0 Å². The minimum absolute atomic E-state index is 0.0529. The van der Waals surface area contributed by atoms with Gasteiger partial charge in [0.2, 0.25) is 0 Å². The molecule has 2 heterocycles. The topological polar surface area (TPSA) is 115 Å². The number of ketones is 1. The van der Waals surface area contributed by atoms with Crippen LogP contribution in [0.25, 0.3) is 0 Å². The summed E-state index contributed by atoms with van der Waals surface area (Å²) < 4.78 is 10.5. The Kier molecular flexibility index (Phi) is 6.46. The van der Waals surface area contributed by atoms with E-state index in [9.17, 15) is 19.2 Å². The summed E-state index contributed by atoms with van der Waals surface area (Å²) in [6.45, 7) is 6.84. The second-order valence-electron chi connectivity index (χ2n) is 6.75. The van der Waals surface area contributed by atoms with Crippen molar-refractivity contribution in [3.05, 3.63) is 22.1 Å². The lowest BCUT2D eigenvalue weighted by Crippen LogP contribution is -2.40. The van der Waals surface area contributed by atoms with Crippen molar-refractivity contribution in [1.29, 1.82) is 0 Å². The van der Waals surface area contributed by atoms with Gasteiger partial charge in [-0.15, -0.1) is 0 Å². The molecule has 0 radical (unpaired) electrons. The molecule has 1 aromatic rings. The third-order valence-electron chi connectivity index (χ3n) is 4.47. The summed E-state index contributed by atoms with van der Waals surface area (Å²) in [7, 11) is 0. The van der Waals surface area contributed by atoms with Crippen molar-refractivity contribution in [2.45, 2.75) is 57.7 Å². The molecule has 0 unspecified atom stereocenters. The Morgan fingerprint density at radius 2 is 2.07 bits per heavy atom. The predicted molar refractivity (Wildman–Crippen MR) is 98.4 cm³/mol. The molecule has 9 heteroatoms. The third-order valence-corrected chi connectivity index (χ3v) is 5.34. The zero-order valence-electron chi connectivity index (χ0n) is 15.9. The molecular weight excluding hydrogens is 372 g/mol. The summed E-state index contributed by atoms with van der Waals surface area (Å²) in [5, 5.41) is 0.312. The Balaban J connectivity index is 2.17. The molecule has 0 saturated carbocycles. The monoisotopic (exact) mass is 396 g/mol. The van der Waals surface area contributed by atoms with Gasteiger partial charge in [0.25, 0.3) is 5.56 Å². The van der Waals surface area contributed by atoms with E-state index in [0.717, 1.165) is 11.8 Å². The van der Waals surface area contributed by atoms with Crippen LogP contribution in [-0.4, -0.2) is 45.7 Å². The largest absolute Gasteiger partial charge is 0.465 e. The van der Waals surface area contributed by atoms with Gasteiger partial charge in [0.05, 0.1) is 12.4 Å². The number of cyclic esters (lactones) is 1. The number of ether oxygens (including phenoxy) is 2. The number of esters is 2. The molecule has 2 atom stereocenters.